The SMILES string of the molecule is CCc1ccc(N(CC(=O)Nc2cccc(F)c2)S(=O)(=O)c2ccccc2)cc1. The van der Waals surface area contributed by atoms with Gasteiger partial charge in [0.25, 0.3) is 10.0 Å². The van der Waals surface area contributed by atoms with Crippen molar-refractivity contribution in [2.45, 2.75) is 18.2 Å². The van der Waals surface area contributed by atoms with Gasteiger partial charge in [0, 0.05) is 5.69 Å². The summed E-state index contributed by atoms with van der Waals surface area (Å²) < 4.78 is 40.9. The van der Waals surface area contributed by atoms with E-state index in [-0.39, 0.29) is 10.6 Å². The van der Waals surface area contributed by atoms with Crippen LogP contribution in [0.2, 0.25) is 0 Å². The van der Waals surface area contributed by atoms with Crippen molar-refractivity contribution in [1.29, 1.82) is 0 Å². The fourth-order valence-electron chi connectivity index (χ4n) is 2.83. The minimum absolute atomic E-state index is 0.0816. The van der Waals surface area contributed by atoms with E-state index in [1.807, 2.05) is 19.1 Å². The number of hydrogen-bond donors (Lipinski definition) is 1. The molecule has 1 N–H and O–H groups in total. The maximum Gasteiger partial charge on any atom is 0.264 e. The van der Waals surface area contributed by atoms with E-state index in [9.17, 15) is 17.6 Å². The molecule has 29 heavy (non-hydrogen) atoms. The van der Waals surface area contributed by atoms with E-state index in [4.69, 9.17) is 0 Å². The zero-order valence-corrected chi connectivity index (χ0v) is 16.7. The second-order valence-electron chi connectivity index (χ2n) is 6.40. The zero-order valence-electron chi connectivity index (χ0n) is 15.9. The monoisotopic (exact) mass is 412 g/mol. The first-order chi connectivity index (χ1) is 13.9. The summed E-state index contributed by atoms with van der Waals surface area (Å²) in [7, 11) is -3.97. The van der Waals surface area contributed by atoms with Crippen molar-refractivity contribution in [3.05, 3.63) is 90.2 Å². The number of carbonyl (C=O) groups is 1. The molecular weight excluding hydrogens is 391 g/mol. The average molecular weight is 412 g/mol. The minimum atomic E-state index is -3.97. The molecule has 3 rings (SSSR count). The third-order valence-corrected chi connectivity index (χ3v) is 6.15. The highest BCUT2D eigenvalue weighted by molar-refractivity contribution is 7.92. The summed E-state index contributed by atoms with van der Waals surface area (Å²) in [4.78, 5) is 12.7. The quantitative estimate of drug-likeness (QED) is 0.632. The summed E-state index contributed by atoms with van der Waals surface area (Å²) in [6.45, 7) is 1.55. The van der Waals surface area contributed by atoms with Crippen molar-refractivity contribution in [3.63, 3.8) is 0 Å². The van der Waals surface area contributed by atoms with Crippen LogP contribution in [0.1, 0.15) is 12.5 Å². The lowest BCUT2D eigenvalue weighted by atomic mass is 10.1. The second-order valence-corrected chi connectivity index (χ2v) is 8.27. The molecule has 0 spiro atoms. The number of sulfonamides is 1. The first-order valence-electron chi connectivity index (χ1n) is 9.12. The van der Waals surface area contributed by atoms with Gasteiger partial charge in [0.15, 0.2) is 0 Å². The Hall–Kier alpha value is -3.19. The van der Waals surface area contributed by atoms with Gasteiger partial charge in [-0.1, -0.05) is 43.3 Å². The lowest BCUT2D eigenvalue weighted by Gasteiger charge is -2.24. The normalized spacial score (nSPS) is 11.1. The molecule has 0 unspecified atom stereocenters. The fraction of sp³-hybridized carbons (Fsp3) is 0.136. The van der Waals surface area contributed by atoms with Crippen LogP contribution in [0, 0.1) is 5.82 Å². The highest BCUT2D eigenvalue weighted by Gasteiger charge is 2.27. The van der Waals surface area contributed by atoms with Gasteiger partial charge in [-0.05, 0) is 54.4 Å². The molecule has 1 amide bonds. The molecule has 0 fully saturated rings. The Morgan fingerprint density at radius 3 is 2.28 bits per heavy atom. The Labute approximate surface area is 169 Å². The van der Waals surface area contributed by atoms with Crippen molar-refractivity contribution in [2.24, 2.45) is 0 Å². The van der Waals surface area contributed by atoms with Gasteiger partial charge in [-0.2, -0.15) is 0 Å². The molecule has 5 nitrogen and oxygen atoms in total. The lowest BCUT2D eigenvalue weighted by Crippen LogP contribution is -2.38. The van der Waals surface area contributed by atoms with Gasteiger partial charge in [0.05, 0.1) is 10.6 Å². The summed E-state index contributed by atoms with van der Waals surface area (Å²) in [6, 6.07) is 20.4. The molecular formula is C22H21FN2O3S. The predicted octanol–water partition coefficient (Wildman–Crippen LogP) is 4.22. The van der Waals surface area contributed by atoms with Crippen molar-refractivity contribution in [3.8, 4) is 0 Å². The summed E-state index contributed by atoms with van der Waals surface area (Å²) in [5, 5.41) is 2.54. The molecule has 0 aliphatic carbocycles. The van der Waals surface area contributed by atoms with E-state index >= 15 is 0 Å². The number of anilines is 2. The smallest absolute Gasteiger partial charge is 0.264 e. The molecule has 7 heteroatoms. The highest BCUT2D eigenvalue weighted by atomic mass is 32.2. The van der Waals surface area contributed by atoms with Crippen LogP contribution in [0.25, 0.3) is 0 Å². The van der Waals surface area contributed by atoms with E-state index in [0.29, 0.717) is 5.69 Å². The molecule has 0 bridgehead atoms. The fourth-order valence-corrected chi connectivity index (χ4v) is 4.27. The van der Waals surface area contributed by atoms with E-state index in [0.717, 1.165) is 16.3 Å². The van der Waals surface area contributed by atoms with Crippen LogP contribution in [0.15, 0.2) is 83.8 Å². The van der Waals surface area contributed by atoms with Gasteiger partial charge in [-0.25, -0.2) is 12.8 Å². The third kappa shape index (κ3) is 5.00. The lowest BCUT2D eigenvalue weighted by molar-refractivity contribution is -0.114. The van der Waals surface area contributed by atoms with Crippen molar-refractivity contribution in [1.82, 2.24) is 0 Å². The number of carbonyl (C=O) groups excluding carboxylic acids is 1. The highest BCUT2D eigenvalue weighted by Crippen LogP contribution is 2.24. The van der Waals surface area contributed by atoms with Crippen molar-refractivity contribution >= 4 is 27.3 Å². The summed E-state index contributed by atoms with van der Waals surface area (Å²) >= 11 is 0. The van der Waals surface area contributed by atoms with Gasteiger partial charge >= 0.3 is 0 Å². The minimum Gasteiger partial charge on any atom is -0.324 e. The molecule has 0 atom stereocenters. The largest absolute Gasteiger partial charge is 0.324 e. The van der Waals surface area contributed by atoms with Gasteiger partial charge in [0.1, 0.15) is 12.4 Å². The number of hydrogen-bond acceptors (Lipinski definition) is 3. The average Bonchev–Trinajstić information content (AvgIpc) is 2.73. The van der Waals surface area contributed by atoms with Crippen LogP contribution in [-0.2, 0) is 21.2 Å². The summed E-state index contributed by atoms with van der Waals surface area (Å²) in [5.74, 6) is -1.07. The Morgan fingerprint density at radius 2 is 1.66 bits per heavy atom. The van der Waals surface area contributed by atoms with Gasteiger partial charge in [-0.15, -0.1) is 0 Å². The van der Waals surface area contributed by atoms with Crippen molar-refractivity contribution < 1.29 is 17.6 Å². The molecule has 0 saturated carbocycles. The van der Waals surface area contributed by atoms with Crippen LogP contribution in [0.3, 0.4) is 0 Å². The number of nitrogens with one attached hydrogen (secondary N) is 1. The molecule has 0 heterocycles. The number of halogens is 1. The van der Waals surface area contributed by atoms with E-state index in [2.05, 4.69) is 5.32 Å². The molecule has 150 valence electrons. The Morgan fingerprint density at radius 1 is 0.966 bits per heavy atom. The second kappa shape index (κ2) is 8.87. The van der Waals surface area contributed by atoms with Gasteiger partial charge in [-0.3, -0.25) is 9.10 Å². The van der Waals surface area contributed by atoms with Gasteiger partial charge in [0.2, 0.25) is 5.91 Å². The molecule has 0 aromatic heterocycles. The molecule has 0 aliphatic heterocycles. The number of nitrogens with zero attached hydrogens (tertiary/aromatic N) is 1. The first-order valence-corrected chi connectivity index (χ1v) is 10.6. The van der Waals surface area contributed by atoms with E-state index in [1.54, 1.807) is 30.3 Å². The molecule has 0 radical (unpaired) electrons. The summed E-state index contributed by atoms with van der Waals surface area (Å²) in [5.41, 5.74) is 1.68. The van der Waals surface area contributed by atoms with Gasteiger partial charge < -0.3 is 5.32 Å². The standard InChI is InChI=1S/C22H21FN2O3S/c1-2-17-11-13-20(14-12-17)25(29(27,28)21-9-4-3-5-10-21)16-22(26)24-19-8-6-7-18(23)15-19/h3-15H,2,16H2,1H3,(H,24,26). The zero-order chi connectivity index (χ0) is 20.9. The van der Waals surface area contributed by atoms with Crippen LogP contribution in [-0.4, -0.2) is 20.9 Å². The number of rotatable bonds is 7. The van der Waals surface area contributed by atoms with E-state index < -0.39 is 28.3 Å². The van der Waals surface area contributed by atoms with Crippen LogP contribution < -0.4 is 9.62 Å². The topological polar surface area (TPSA) is 66.5 Å². The van der Waals surface area contributed by atoms with E-state index in [1.165, 1.54) is 36.4 Å². The molecule has 0 aliphatic rings. The Kier molecular flexibility index (Phi) is 6.29. The Bertz CT molecular complexity index is 1080. The number of amides is 1. The third-order valence-electron chi connectivity index (χ3n) is 4.36. The number of aryl methyl sites for hydroxylation is 1. The maximum atomic E-state index is 13.4. The predicted molar refractivity (Wildman–Crippen MR) is 112 cm³/mol. The summed E-state index contributed by atoms with van der Waals surface area (Å²) in [6.07, 6.45) is 0.811. The van der Waals surface area contributed by atoms with Crippen LogP contribution in [0.4, 0.5) is 15.8 Å². The number of benzene rings is 3. The van der Waals surface area contributed by atoms with Crippen LogP contribution in [0.5, 0.6) is 0 Å². The maximum absolute atomic E-state index is 13.4. The first kappa shape index (κ1) is 20.5. The molecule has 3 aromatic carbocycles. The molecule has 0 saturated heterocycles. The molecule has 3 aromatic rings. The Balaban J connectivity index is 1.93. The van der Waals surface area contributed by atoms with Crippen molar-refractivity contribution in [2.75, 3.05) is 16.2 Å². The van der Waals surface area contributed by atoms with Crippen LogP contribution >= 0.6 is 0 Å².